The lowest BCUT2D eigenvalue weighted by Crippen LogP contribution is -1.88. The van der Waals surface area contributed by atoms with E-state index >= 15 is 0 Å². The lowest BCUT2D eigenvalue weighted by Gasteiger charge is -2.02. The van der Waals surface area contributed by atoms with Crippen LogP contribution in [0, 0.1) is 5.82 Å². The number of halogens is 1. The quantitative estimate of drug-likeness (QED) is 0.774. The molecule has 0 aliphatic carbocycles. The van der Waals surface area contributed by atoms with Crippen LogP contribution in [0.4, 0.5) is 4.39 Å². The van der Waals surface area contributed by atoms with Gasteiger partial charge in [-0.2, -0.15) is 11.8 Å². The molecule has 0 aliphatic rings. The fourth-order valence-electron chi connectivity index (χ4n) is 1.47. The minimum absolute atomic E-state index is 0.194. The van der Waals surface area contributed by atoms with E-state index in [4.69, 9.17) is 4.42 Å². The molecule has 80 valence electrons. The maximum atomic E-state index is 13.5. The zero-order chi connectivity index (χ0) is 10.8. The Bertz CT molecular complexity index is 462. The number of fused-ring (bicyclic) bond motifs is 1. The average Bonchev–Trinajstić information content (AvgIpc) is 2.59. The number of furan rings is 1. The molecular formula is C12H13FOS. The first kappa shape index (κ1) is 10.6. The fraction of sp³-hybridized carbons (Fsp3) is 0.333. The molecule has 0 aliphatic heterocycles. The Hall–Kier alpha value is -0.960. The molecule has 2 aromatic rings. The SMILES string of the molecule is CC(C)SCc1coc2cccc(F)c12. The summed E-state index contributed by atoms with van der Waals surface area (Å²) in [5.41, 5.74) is 1.58. The van der Waals surface area contributed by atoms with E-state index < -0.39 is 0 Å². The van der Waals surface area contributed by atoms with E-state index in [1.807, 2.05) is 0 Å². The second-order valence-corrected chi connectivity index (χ2v) is 5.30. The molecule has 15 heavy (non-hydrogen) atoms. The summed E-state index contributed by atoms with van der Waals surface area (Å²) in [5, 5.41) is 1.17. The molecule has 0 saturated carbocycles. The van der Waals surface area contributed by atoms with Crippen molar-refractivity contribution in [2.75, 3.05) is 0 Å². The molecule has 0 fully saturated rings. The maximum Gasteiger partial charge on any atom is 0.137 e. The summed E-state index contributed by atoms with van der Waals surface area (Å²) in [6.07, 6.45) is 1.66. The van der Waals surface area contributed by atoms with Crippen molar-refractivity contribution in [3.8, 4) is 0 Å². The van der Waals surface area contributed by atoms with Gasteiger partial charge in [-0.05, 0) is 17.4 Å². The molecule has 0 saturated heterocycles. The van der Waals surface area contributed by atoms with Gasteiger partial charge in [-0.1, -0.05) is 19.9 Å². The van der Waals surface area contributed by atoms with Crippen molar-refractivity contribution >= 4 is 22.7 Å². The Balaban J connectivity index is 2.35. The summed E-state index contributed by atoms with van der Waals surface area (Å²) < 4.78 is 18.8. The first-order valence-electron chi connectivity index (χ1n) is 4.94. The second-order valence-electron chi connectivity index (χ2n) is 3.73. The molecule has 2 rings (SSSR count). The van der Waals surface area contributed by atoms with Crippen LogP contribution in [0.2, 0.25) is 0 Å². The third-order valence-corrected chi connectivity index (χ3v) is 3.34. The van der Waals surface area contributed by atoms with E-state index in [1.165, 1.54) is 6.07 Å². The molecule has 1 heterocycles. The summed E-state index contributed by atoms with van der Waals surface area (Å²) in [6, 6.07) is 4.93. The monoisotopic (exact) mass is 224 g/mol. The van der Waals surface area contributed by atoms with Crippen LogP contribution in [-0.2, 0) is 5.75 Å². The summed E-state index contributed by atoms with van der Waals surface area (Å²) in [6.45, 7) is 4.26. The average molecular weight is 224 g/mol. The molecule has 1 nitrogen and oxygen atoms in total. The van der Waals surface area contributed by atoms with Crippen molar-refractivity contribution < 1.29 is 8.81 Å². The molecule has 0 N–H and O–H groups in total. The summed E-state index contributed by atoms with van der Waals surface area (Å²) >= 11 is 1.79. The lowest BCUT2D eigenvalue weighted by molar-refractivity contribution is 0.608. The number of rotatable bonds is 3. The van der Waals surface area contributed by atoms with Crippen molar-refractivity contribution in [1.29, 1.82) is 0 Å². The number of benzene rings is 1. The van der Waals surface area contributed by atoms with E-state index in [-0.39, 0.29) is 5.82 Å². The van der Waals surface area contributed by atoms with Gasteiger partial charge in [-0.15, -0.1) is 0 Å². The highest BCUT2D eigenvalue weighted by molar-refractivity contribution is 7.99. The van der Waals surface area contributed by atoms with Crippen molar-refractivity contribution in [2.24, 2.45) is 0 Å². The minimum Gasteiger partial charge on any atom is -0.464 e. The highest BCUT2D eigenvalue weighted by Crippen LogP contribution is 2.28. The Morgan fingerprint density at radius 3 is 2.93 bits per heavy atom. The Labute approximate surface area is 92.7 Å². The zero-order valence-corrected chi connectivity index (χ0v) is 9.60. The van der Waals surface area contributed by atoms with Crippen LogP contribution in [0.25, 0.3) is 11.0 Å². The van der Waals surface area contributed by atoms with Gasteiger partial charge in [-0.3, -0.25) is 0 Å². The second kappa shape index (κ2) is 4.27. The Morgan fingerprint density at radius 2 is 2.20 bits per heavy atom. The predicted molar refractivity (Wildman–Crippen MR) is 62.6 cm³/mol. The molecule has 0 bridgehead atoms. The molecule has 3 heteroatoms. The van der Waals surface area contributed by atoms with E-state index in [9.17, 15) is 4.39 Å². The third kappa shape index (κ3) is 2.17. The van der Waals surface area contributed by atoms with Crippen LogP contribution < -0.4 is 0 Å². The zero-order valence-electron chi connectivity index (χ0n) is 8.79. The van der Waals surface area contributed by atoms with Gasteiger partial charge in [0.05, 0.1) is 11.6 Å². The normalized spacial score (nSPS) is 11.5. The van der Waals surface area contributed by atoms with Gasteiger partial charge in [0, 0.05) is 11.3 Å². The Kier molecular flexibility index (Phi) is 3.00. The largest absolute Gasteiger partial charge is 0.464 e. The van der Waals surface area contributed by atoms with Crippen LogP contribution >= 0.6 is 11.8 Å². The molecule has 1 aromatic carbocycles. The van der Waals surface area contributed by atoms with Crippen LogP contribution in [0.1, 0.15) is 19.4 Å². The van der Waals surface area contributed by atoms with E-state index in [0.717, 1.165) is 11.3 Å². The lowest BCUT2D eigenvalue weighted by atomic mass is 10.2. The highest BCUT2D eigenvalue weighted by Gasteiger charge is 2.10. The molecule has 0 radical (unpaired) electrons. The number of hydrogen-bond acceptors (Lipinski definition) is 2. The molecular weight excluding hydrogens is 211 g/mol. The molecule has 0 amide bonds. The maximum absolute atomic E-state index is 13.5. The smallest absolute Gasteiger partial charge is 0.137 e. The molecule has 0 unspecified atom stereocenters. The summed E-state index contributed by atoms with van der Waals surface area (Å²) in [7, 11) is 0. The van der Waals surface area contributed by atoms with Gasteiger partial charge in [-0.25, -0.2) is 4.39 Å². The van der Waals surface area contributed by atoms with Gasteiger partial charge in [0.2, 0.25) is 0 Å². The van der Waals surface area contributed by atoms with Crippen LogP contribution in [0.5, 0.6) is 0 Å². The number of hydrogen-bond donors (Lipinski definition) is 0. The van der Waals surface area contributed by atoms with E-state index in [1.54, 1.807) is 30.2 Å². The van der Waals surface area contributed by atoms with E-state index in [0.29, 0.717) is 16.2 Å². The molecule has 0 spiro atoms. The van der Waals surface area contributed by atoms with Crippen LogP contribution in [0.3, 0.4) is 0 Å². The first-order chi connectivity index (χ1) is 7.18. The van der Waals surface area contributed by atoms with Crippen molar-refractivity contribution in [2.45, 2.75) is 24.9 Å². The topological polar surface area (TPSA) is 13.1 Å². The van der Waals surface area contributed by atoms with Crippen molar-refractivity contribution in [3.63, 3.8) is 0 Å². The van der Waals surface area contributed by atoms with Gasteiger partial charge in [0.15, 0.2) is 0 Å². The van der Waals surface area contributed by atoms with Gasteiger partial charge in [0.1, 0.15) is 11.4 Å². The van der Waals surface area contributed by atoms with Crippen molar-refractivity contribution in [3.05, 3.63) is 35.8 Å². The molecule has 0 atom stereocenters. The number of thioether (sulfide) groups is 1. The van der Waals surface area contributed by atoms with Crippen molar-refractivity contribution in [1.82, 2.24) is 0 Å². The van der Waals surface area contributed by atoms with Gasteiger partial charge >= 0.3 is 0 Å². The summed E-state index contributed by atoms with van der Waals surface area (Å²) in [4.78, 5) is 0. The van der Waals surface area contributed by atoms with Gasteiger partial charge < -0.3 is 4.42 Å². The first-order valence-corrected chi connectivity index (χ1v) is 5.99. The standard InChI is InChI=1S/C12H13FOS/c1-8(2)15-7-9-6-14-11-5-3-4-10(13)12(9)11/h3-6,8H,7H2,1-2H3. The Morgan fingerprint density at radius 1 is 1.40 bits per heavy atom. The van der Waals surface area contributed by atoms with Crippen LogP contribution in [0.15, 0.2) is 28.9 Å². The fourth-order valence-corrected chi connectivity index (χ4v) is 2.20. The third-order valence-electron chi connectivity index (χ3n) is 2.20. The highest BCUT2D eigenvalue weighted by atomic mass is 32.2. The summed E-state index contributed by atoms with van der Waals surface area (Å²) in [5.74, 6) is 0.603. The van der Waals surface area contributed by atoms with Gasteiger partial charge in [0.25, 0.3) is 0 Å². The predicted octanol–water partition coefficient (Wildman–Crippen LogP) is 4.21. The minimum atomic E-state index is -0.194. The van der Waals surface area contributed by atoms with Crippen LogP contribution in [-0.4, -0.2) is 5.25 Å². The van der Waals surface area contributed by atoms with E-state index in [2.05, 4.69) is 13.8 Å². The molecule has 1 aromatic heterocycles.